The molecule has 1 aromatic carbocycles. The summed E-state index contributed by atoms with van der Waals surface area (Å²) in [5, 5.41) is 7.78. The van der Waals surface area contributed by atoms with E-state index in [4.69, 9.17) is 26.5 Å². The summed E-state index contributed by atoms with van der Waals surface area (Å²) >= 11 is 5.94. The van der Waals surface area contributed by atoms with E-state index in [-0.39, 0.29) is 11.4 Å². The van der Waals surface area contributed by atoms with Crippen LogP contribution in [0.25, 0.3) is 0 Å². The van der Waals surface area contributed by atoms with Crippen molar-refractivity contribution in [3.05, 3.63) is 52.6 Å². The van der Waals surface area contributed by atoms with Gasteiger partial charge in [-0.3, -0.25) is 9.69 Å². The van der Waals surface area contributed by atoms with Gasteiger partial charge in [-0.25, -0.2) is 9.78 Å². The van der Waals surface area contributed by atoms with Crippen LogP contribution in [0, 0.1) is 6.92 Å². The number of piperidine rings is 1. The zero-order valence-electron chi connectivity index (χ0n) is 18.4. The molecule has 1 spiro atoms. The Hall–Kier alpha value is -2.59. The van der Waals surface area contributed by atoms with Crippen molar-refractivity contribution in [2.75, 3.05) is 26.2 Å². The highest BCUT2D eigenvalue weighted by molar-refractivity contribution is 6.30. The molecule has 1 amide bonds. The van der Waals surface area contributed by atoms with Crippen LogP contribution in [0.15, 0.2) is 30.5 Å². The number of carbonyl (C=O) groups excluding carboxylic acids is 1. The summed E-state index contributed by atoms with van der Waals surface area (Å²) in [4.78, 5) is 31.0. The lowest BCUT2D eigenvalue weighted by Crippen LogP contribution is -2.58. The smallest absolute Gasteiger partial charge is 0.475 e. The van der Waals surface area contributed by atoms with Crippen molar-refractivity contribution < 1.29 is 27.9 Å². The van der Waals surface area contributed by atoms with Gasteiger partial charge in [-0.05, 0) is 50.6 Å². The van der Waals surface area contributed by atoms with Crippen molar-refractivity contribution in [3.63, 3.8) is 0 Å². The first-order valence-electron chi connectivity index (χ1n) is 10.6. The van der Waals surface area contributed by atoms with Crippen LogP contribution in [-0.4, -0.2) is 68.7 Å². The van der Waals surface area contributed by atoms with E-state index in [0.717, 1.165) is 45.6 Å². The minimum absolute atomic E-state index is 0.0436. The Bertz CT molecular complexity index is 999. The molecule has 2 aromatic rings. The first-order valence-corrected chi connectivity index (χ1v) is 11.0. The average molecular weight is 487 g/mol. The van der Waals surface area contributed by atoms with Crippen molar-refractivity contribution in [2.24, 2.45) is 0 Å². The van der Waals surface area contributed by atoms with Gasteiger partial charge in [-0.15, -0.1) is 0 Å². The summed E-state index contributed by atoms with van der Waals surface area (Å²) in [6.45, 7) is 8.92. The molecule has 2 aliphatic rings. The van der Waals surface area contributed by atoms with Gasteiger partial charge in [0, 0.05) is 48.7 Å². The average Bonchev–Trinajstić information content (AvgIpc) is 3.16. The number of likely N-dealkylation sites (N-methyl/N-ethyl adjacent to an activating group) is 1. The number of alkyl halides is 3. The van der Waals surface area contributed by atoms with Gasteiger partial charge in [-0.2, -0.15) is 13.2 Å². The third kappa shape index (κ3) is 5.16. The molecule has 1 fully saturated rings. The SMILES string of the molecule is CCN1CCn2c(C)cnc2C12CCN(C(=O)c1ccc(Cl)cc1)CC2.O=C(O)C(F)(F)F. The number of carboxylic acid groups (broad SMARTS) is 1. The molecule has 1 saturated heterocycles. The number of benzene rings is 1. The summed E-state index contributed by atoms with van der Waals surface area (Å²) in [5.41, 5.74) is 1.89. The lowest BCUT2D eigenvalue weighted by atomic mass is 9.83. The van der Waals surface area contributed by atoms with Gasteiger partial charge in [0.2, 0.25) is 0 Å². The van der Waals surface area contributed by atoms with Crippen molar-refractivity contribution in [2.45, 2.75) is 44.9 Å². The van der Waals surface area contributed by atoms with Crippen LogP contribution in [0.4, 0.5) is 13.2 Å². The number of carbonyl (C=O) groups is 2. The number of rotatable bonds is 2. The molecule has 0 saturated carbocycles. The number of hydrogen-bond donors (Lipinski definition) is 1. The summed E-state index contributed by atoms with van der Waals surface area (Å²) in [5.74, 6) is -1.48. The molecule has 33 heavy (non-hydrogen) atoms. The van der Waals surface area contributed by atoms with E-state index in [9.17, 15) is 18.0 Å². The molecule has 0 radical (unpaired) electrons. The number of aliphatic carboxylic acids is 1. The molecule has 3 heterocycles. The van der Waals surface area contributed by atoms with Crippen molar-refractivity contribution in [1.29, 1.82) is 0 Å². The first kappa shape index (κ1) is 25.0. The van der Waals surface area contributed by atoms with Crippen LogP contribution in [-0.2, 0) is 16.9 Å². The third-order valence-corrected chi connectivity index (χ3v) is 6.52. The van der Waals surface area contributed by atoms with E-state index in [1.54, 1.807) is 12.1 Å². The molecule has 2 aliphatic heterocycles. The molecule has 1 aromatic heterocycles. The van der Waals surface area contributed by atoms with Crippen LogP contribution >= 0.6 is 11.6 Å². The fourth-order valence-electron chi connectivity index (χ4n) is 4.55. The number of carboxylic acids is 1. The molecule has 7 nitrogen and oxygen atoms in total. The zero-order chi connectivity index (χ0) is 24.4. The zero-order valence-corrected chi connectivity index (χ0v) is 19.2. The number of fused-ring (bicyclic) bond motifs is 2. The second-order valence-corrected chi connectivity index (χ2v) is 8.52. The third-order valence-electron chi connectivity index (χ3n) is 6.26. The highest BCUT2D eigenvalue weighted by Gasteiger charge is 2.47. The number of halogens is 4. The summed E-state index contributed by atoms with van der Waals surface area (Å²) in [6, 6.07) is 7.17. The molecule has 1 N–H and O–H groups in total. The van der Waals surface area contributed by atoms with E-state index in [1.165, 1.54) is 11.5 Å². The molecular formula is C22H26ClF3N4O3. The molecule has 0 aliphatic carbocycles. The highest BCUT2D eigenvalue weighted by atomic mass is 35.5. The van der Waals surface area contributed by atoms with E-state index >= 15 is 0 Å². The maximum Gasteiger partial charge on any atom is 0.490 e. The maximum atomic E-state index is 12.8. The second-order valence-electron chi connectivity index (χ2n) is 8.09. The normalized spacial score (nSPS) is 17.8. The van der Waals surface area contributed by atoms with Gasteiger partial charge in [0.15, 0.2) is 0 Å². The summed E-state index contributed by atoms with van der Waals surface area (Å²) < 4.78 is 34.1. The van der Waals surface area contributed by atoms with Crippen molar-refractivity contribution in [1.82, 2.24) is 19.4 Å². The Morgan fingerprint density at radius 2 is 1.70 bits per heavy atom. The van der Waals surface area contributed by atoms with Crippen molar-refractivity contribution >= 4 is 23.5 Å². The Balaban J connectivity index is 0.000000383. The van der Waals surface area contributed by atoms with Gasteiger partial charge < -0.3 is 14.6 Å². The molecule has 0 unspecified atom stereocenters. The van der Waals surface area contributed by atoms with Crippen LogP contribution in [0.5, 0.6) is 0 Å². The number of likely N-dealkylation sites (tertiary alicyclic amines) is 1. The number of aryl methyl sites for hydroxylation is 1. The highest BCUT2D eigenvalue weighted by Crippen LogP contribution is 2.41. The van der Waals surface area contributed by atoms with Gasteiger partial charge in [0.1, 0.15) is 5.82 Å². The van der Waals surface area contributed by atoms with E-state index in [2.05, 4.69) is 23.3 Å². The van der Waals surface area contributed by atoms with E-state index in [1.807, 2.05) is 23.2 Å². The van der Waals surface area contributed by atoms with E-state index in [0.29, 0.717) is 10.6 Å². The Morgan fingerprint density at radius 1 is 1.12 bits per heavy atom. The monoisotopic (exact) mass is 486 g/mol. The number of amides is 1. The lowest BCUT2D eigenvalue weighted by molar-refractivity contribution is -0.192. The minimum Gasteiger partial charge on any atom is -0.475 e. The summed E-state index contributed by atoms with van der Waals surface area (Å²) in [7, 11) is 0. The van der Waals surface area contributed by atoms with Gasteiger partial charge in [0.25, 0.3) is 5.91 Å². The van der Waals surface area contributed by atoms with Gasteiger partial charge >= 0.3 is 12.1 Å². The molecule has 180 valence electrons. The van der Waals surface area contributed by atoms with Crippen LogP contribution in [0.3, 0.4) is 0 Å². The fourth-order valence-corrected chi connectivity index (χ4v) is 4.67. The maximum absolute atomic E-state index is 12.8. The Kier molecular flexibility index (Phi) is 7.38. The van der Waals surface area contributed by atoms with E-state index < -0.39 is 12.1 Å². The second kappa shape index (κ2) is 9.72. The minimum atomic E-state index is -5.08. The molecule has 0 bridgehead atoms. The number of nitrogens with zero attached hydrogens (tertiary/aromatic N) is 4. The summed E-state index contributed by atoms with van der Waals surface area (Å²) in [6.07, 6.45) is -1.24. The topological polar surface area (TPSA) is 78.7 Å². The standard InChI is InChI=1S/C20H25ClN4O.C2HF3O2/c1-3-24-12-13-25-15(2)14-22-19(25)20(24)8-10-23(11-9-20)18(26)16-4-6-17(21)7-5-16;3-2(4,5)1(6)7/h4-7,14H,3,8-13H2,1-2H3;(H,6,7). The number of imidazole rings is 1. The van der Waals surface area contributed by atoms with Crippen LogP contribution in [0.1, 0.15) is 41.6 Å². The van der Waals surface area contributed by atoms with Crippen LogP contribution in [0.2, 0.25) is 5.02 Å². The van der Waals surface area contributed by atoms with Crippen molar-refractivity contribution in [3.8, 4) is 0 Å². The predicted molar refractivity (Wildman–Crippen MR) is 116 cm³/mol. The lowest BCUT2D eigenvalue weighted by Gasteiger charge is -2.50. The van der Waals surface area contributed by atoms with Gasteiger partial charge in [0.05, 0.1) is 5.54 Å². The van der Waals surface area contributed by atoms with Gasteiger partial charge in [-0.1, -0.05) is 18.5 Å². The fraction of sp³-hybridized carbons (Fsp3) is 0.500. The predicted octanol–water partition coefficient (Wildman–Crippen LogP) is 3.95. The first-order chi connectivity index (χ1) is 15.5. The largest absolute Gasteiger partial charge is 0.490 e. The number of aromatic nitrogens is 2. The number of hydrogen-bond acceptors (Lipinski definition) is 4. The quantitative estimate of drug-likeness (QED) is 0.695. The molecule has 11 heteroatoms. The Labute approximate surface area is 194 Å². The molecule has 4 rings (SSSR count). The molecule has 0 atom stereocenters. The van der Waals surface area contributed by atoms with Crippen LogP contribution < -0.4 is 0 Å². The molecular weight excluding hydrogens is 461 g/mol. The Morgan fingerprint density at radius 3 is 2.21 bits per heavy atom.